The topological polar surface area (TPSA) is 32.8 Å². The molecule has 0 radical (unpaired) electrons. The van der Waals surface area contributed by atoms with Crippen molar-refractivity contribution in [2.24, 2.45) is 0 Å². The first-order chi connectivity index (χ1) is 9.22. The van der Waals surface area contributed by atoms with E-state index in [1.807, 2.05) is 29.2 Å². The van der Waals surface area contributed by atoms with Crippen LogP contribution in [-0.2, 0) is 11.3 Å². The van der Waals surface area contributed by atoms with E-state index in [1.54, 1.807) is 19.1 Å². The summed E-state index contributed by atoms with van der Waals surface area (Å²) in [5.74, 6) is 2.08. The first-order valence-electron chi connectivity index (χ1n) is 6.51. The van der Waals surface area contributed by atoms with Crippen LogP contribution in [-0.4, -0.2) is 47.6 Å². The van der Waals surface area contributed by atoms with E-state index >= 15 is 0 Å². The second kappa shape index (κ2) is 6.82. The average Bonchev–Trinajstić information content (AvgIpc) is 2.43. The van der Waals surface area contributed by atoms with E-state index < -0.39 is 0 Å². The van der Waals surface area contributed by atoms with Crippen molar-refractivity contribution in [2.75, 3.05) is 32.5 Å². The second-order valence-corrected chi connectivity index (χ2v) is 5.80. The van der Waals surface area contributed by atoms with Gasteiger partial charge in [0.25, 0.3) is 0 Å². The zero-order chi connectivity index (χ0) is 13.7. The van der Waals surface area contributed by atoms with Gasteiger partial charge >= 0.3 is 0 Å². The minimum Gasteiger partial charge on any atom is -0.497 e. The third-order valence-electron chi connectivity index (χ3n) is 3.13. The summed E-state index contributed by atoms with van der Waals surface area (Å²) >= 11 is 1.74. The Labute approximate surface area is 118 Å². The van der Waals surface area contributed by atoms with E-state index in [0.717, 1.165) is 30.2 Å². The molecule has 1 aliphatic rings. The lowest BCUT2D eigenvalue weighted by atomic mass is 10.2. The molecule has 1 aromatic rings. The van der Waals surface area contributed by atoms with Crippen molar-refractivity contribution in [1.29, 1.82) is 0 Å². The molecule has 2 rings (SSSR count). The highest BCUT2D eigenvalue weighted by Crippen LogP contribution is 2.17. The molecule has 4 nitrogen and oxygen atoms in total. The first-order valence-corrected chi connectivity index (χ1v) is 7.45. The van der Waals surface area contributed by atoms with E-state index in [1.165, 1.54) is 0 Å². The number of carbonyl (C=O) groups is 1. The summed E-state index contributed by atoms with van der Waals surface area (Å²) in [6, 6.07) is 7.89. The molecular formula is C14H20N2O2S. The lowest BCUT2D eigenvalue weighted by Gasteiger charge is -2.33. The Morgan fingerprint density at radius 2 is 2.00 bits per heavy atom. The van der Waals surface area contributed by atoms with Gasteiger partial charge in [-0.3, -0.25) is 4.79 Å². The van der Waals surface area contributed by atoms with Crippen LogP contribution >= 0.6 is 11.9 Å². The average molecular weight is 280 g/mol. The second-order valence-electron chi connectivity index (χ2n) is 4.44. The molecule has 0 N–H and O–H groups in total. The Morgan fingerprint density at radius 1 is 1.26 bits per heavy atom. The molecule has 1 amide bonds. The number of ether oxygens (including phenoxy) is 1. The summed E-state index contributed by atoms with van der Waals surface area (Å²) in [5, 5.41) is 0. The molecule has 1 saturated heterocycles. The maximum Gasteiger partial charge on any atom is 0.238 e. The van der Waals surface area contributed by atoms with Crippen molar-refractivity contribution in [3.05, 3.63) is 29.8 Å². The van der Waals surface area contributed by atoms with Crippen molar-refractivity contribution in [3.8, 4) is 5.75 Å². The summed E-state index contributed by atoms with van der Waals surface area (Å²) in [6.45, 7) is 5.07. The molecule has 0 bridgehead atoms. The zero-order valence-corrected chi connectivity index (χ0v) is 12.3. The predicted octanol–water partition coefficient (Wildman–Crippen LogP) is 2.01. The third-order valence-corrected chi connectivity index (χ3v) is 4.06. The number of methoxy groups -OCH3 is 1. The van der Waals surface area contributed by atoms with Gasteiger partial charge in [0.1, 0.15) is 5.75 Å². The van der Waals surface area contributed by atoms with Crippen LogP contribution in [0.4, 0.5) is 0 Å². The highest BCUT2D eigenvalue weighted by Gasteiger charge is 2.23. The molecule has 0 spiro atoms. The molecule has 0 aromatic heterocycles. The summed E-state index contributed by atoms with van der Waals surface area (Å²) in [6.07, 6.45) is 0. The predicted molar refractivity (Wildman–Crippen MR) is 78.1 cm³/mol. The van der Waals surface area contributed by atoms with Gasteiger partial charge in [-0.25, -0.2) is 4.31 Å². The van der Waals surface area contributed by atoms with Crippen LogP contribution in [0.1, 0.15) is 12.5 Å². The van der Waals surface area contributed by atoms with Crippen LogP contribution in [0, 0.1) is 0 Å². The minimum atomic E-state index is 0.211. The van der Waals surface area contributed by atoms with E-state index in [2.05, 4.69) is 11.2 Å². The quantitative estimate of drug-likeness (QED) is 0.772. The van der Waals surface area contributed by atoms with Crippen LogP contribution in [0.3, 0.4) is 0 Å². The molecule has 1 heterocycles. The van der Waals surface area contributed by atoms with Gasteiger partial charge in [0.2, 0.25) is 5.91 Å². The van der Waals surface area contributed by atoms with Gasteiger partial charge in [0.15, 0.2) is 0 Å². The lowest BCUT2D eigenvalue weighted by molar-refractivity contribution is -0.134. The molecule has 0 atom stereocenters. The Balaban J connectivity index is 1.90. The van der Waals surface area contributed by atoms with Crippen molar-refractivity contribution < 1.29 is 9.53 Å². The molecule has 1 aliphatic heterocycles. The van der Waals surface area contributed by atoms with Gasteiger partial charge in [-0.05, 0) is 17.7 Å². The Kier molecular flexibility index (Phi) is 5.10. The Hall–Kier alpha value is -1.20. The highest BCUT2D eigenvalue weighted by molar-refractivity contribution is 7.97. The normalized spacial score (nSPS) is 16.7. The van der Waals surface area contributed by atoms with Crippen LogP contribution in [0.25, 0.3) is 0 Å². The van der Waals surface area contributed by atoms with Crippen LogP contribution in [0.15, 0.2) is 24.3 Å². The molecule has 0 unspecified atom stereocenters. The standard InChI is InChI=1S/C14H20N2O2S/c1-3-19-16-9-8-15(14(17)11-16)10-12-4-6-13(18-2)7-5-12/h4-7H,3,8-11H2,1-2H3. The van der Waals surface area contributed by atoms with Gasteiger partial charge < -0.3 is 9.64 Å². The smallest absolute Gasteiger partial charge is 0.238 e. The number of rotatable bonds is 5. The number of hydrogen-bond acceptors (Lipinski definition) is 4. The van der Waals surface area contributed by atoms with Gasteiger partial charge in [-0.15, -0.1) is 0 Å². The third kappa shape index (κ3) is 3.88. The number of benzene rings is 1. The SMILES string of the molecule is CCSN1CCN(Cc2ccc(OC)cc2)C(=O)C1. The van der Waals surface area contributed by atoms with E-state index in [-0.39, 0.29) is 5.91 Å². The number of carbonyl (C=O) groups excluding carboxylic acids is 1. The molecule has 1 aromatic carbocycles. The lowest BCUT2D eigenvalue weighted by Crippen LogP contribution is -2.47. The van der Waals surface area contributed by atoms with Gasteiger partial charge in [0, 0.05) is 25.4 Å². The van der Waals surface area contributed by atoms with Gasteiger partial charge in [-0.1, -0.05) is 31.0 Å². The van der Waals surface area contributed by atoms with E-state index in [4.69, 9.17) is 4.74 Å². The molecule has 5 heteroatoms. The maximum absolute atomic E-state index is 12.1. The van der Waals surface area contributed by atoms with Crippen molar-refractivity contribution >= 4 is 17.9 Å². The first kappa shape index (κ1) is 14.2. The molecule has 0 aliphatic carbocycles. The number of nitrogens with zero attached hydrogens (tertiary/aromatic N) is 2. The van der Waals surface area contributed by atoms with E-state index in [0.29, 0.717) is 13.1 Å². The Morgan fingerprint density at radius 3 is 2.58 bits per heavy atom. The summed E-state index contributed by atoms with van der Waals surface area (Å²) in [7, 11) is 1.66. The number of piperazine rings is 1. The monoisotopic (exact) mass is 280 g/mol. The molecule has 104 valence electrons. The zero-order valence-electron chi connectivity index (χ0n) is 11.5. The van der Waals surface area contributed by atoms with Crippen LogP contribution in [0.2, 0.25) is 0 Å². The van der Waals surface area contributed by atoms with Crippen LogP contribution < -0.4 is 4.74 Å². The van der Waals surface area contributed by atoms with Crippen molar-refractivity contribution in [2.45, 2.75) is 13.5 Å². The minimum absolute atomic E-state index is 0.211. The molecule has 1 fully saturated rings. The fourth-order valence-corrected chi connectivity index (χ4v) is 2.88. The number of amides is 1. The maximum atomic E-state index is 12.1. The summed E-state index contributed by atoms with van der Waals surface area (Å²) in [4.78, 5) is 14.0. The van der Waals surface area contributed by atoms with Crippen molar-refractivity contribution in [1.82, 2.24) is 9.21 Å². The number of hydrogen-bond donors (Lipinski definition) is 0. The highest BCUT2D eigenvalue weighted by atomic mass is 32.2. The fraction of sp³-hybridized carbons (Fsp3) is 0.500. The fourth-order valence-electron chi connectivity index (χ4n) is 2.10. The summed E-state index contributed by atoms with van der Waals surface area (Å²) < 4.78 is 7.28. The van der Waals surface area contributed by atoms with Crippen molar-refractivity contribution in [3.63, 3.8) is 0 Å². The molecule has 0 saturated carbocycles. The molecule has 19 heavy (non-hydrogen) atoms. The Bertz CT molecular complexity index is 422. The van der Waals surface area contributed by atoms with Gasteiger partial charge in [-0.2, -0.15) is 0 Å². The van der Waals surface area contributed by atoms with Gasteiger partial charge in [0.05, 0.1) is 13.7 Å². The summed E-state index contributed by atoms with van der Waals surface area (Å²) in [5.41, 5.74) is 1.14. The van der Waals surface area contributed by atoms with E-state index in [9.17, 15) is 4.79 Å². The van der Waals surface area contributed by atoms with Crippen LogP contribution in [0.5, 0.6) is 5.75 Å². The largest absolute Gasteiger partial charge is 0.497 e. The molecular weight excluding hydrogens is 260 g/mol.